The summed E-state index contributed by atoms with van der Waals surface area (Å²) in [4.78, 5) is 11.1. The number of nitrogens with zero attached hydrogens (tertiary/aromatic N) is 3. The molecule has 6 nitrogen and oxygen atoms in total. The highest BCUT2D eigenvalue weighted by Crippen LogP contribution is 2.49. The van der Waals surface area contributed by atoms with Crippen LogP contribution in [0.1, 0.15) is 29.1 Å². The van der Waals surface area contributed by atoms with Crippen LogP contribution >= 0.6 is 11.3 Å². The number of hydrogen-bond acceptors (Lipinski definition) is 5. The Morgan fingerprint density at radius 3 is 2.85 bits per heavy atom. The zero-order valence-corrected chi connectivity index (χ0v) is 16.2. The number of benzene rings is 1. The van der Waals surface area contributed by atoms with Crippen LogP contribution in [0.15, 0.2) is 28.6 Å². The molecular weight excluding hydrogens is 348 g/mol. The highest BCUT2D eigenvalue weighted by molar-refractivity contribution is 7.09. The Kier molecular flexibility index (Phi) is 4.48. The minimum absolute atomic E-state index is 0.162. The van der Waals surface area contributed by atoms with Crippen LogP contribution in [0.3, 0.4) is 0 Å². The molecule has 7 heteroatoms. The van der Waals surface area contributed by atoms with Gasteiger partial charge in [-0.3, -0.25) is 4.99 Å². The first-order valence-corrected chi connectivity index (χ1v) is 9.70. The molecule has 1 aliphatic heterocycles. The molecule has 0 saturated heterocycles. The molecule has 1 fully saturated rings. The van der Waals surface area contributed by atoms with Crippen molar-refractivity contribution in [2.75, 3.05) is 27.4 Å². The van der Waals surface area contributed by atoms with E-state index in [1.165, 1.54) is 18.4 Å². The summed E-state index contributed by atoms with van der Waals surface area (Å²) < 4.78 is 11.0. The van der Waals surface area contributed by atoms with E-state index in [0.717, 1.165) is 41.2 Å². The first kappa shape index (κ1) is 17.1. The average Bonchev–Trinajstić information content (AvgIpc) is 3.08. The summed E-state index contributed by atoms with van der Waals surface area (Å²) in [5.41, 5.74) is 2.55. The van der Waals surface area contributed by atoms with Crippen LogP contribution in [0.2, 0.25) is 0 Å². The molecule has 0 spiro atoms. The normalized spacial score (nSPS) is 17.3. The van der Waals surface area contributed by atoms with Crippen LogP contribution in [0.4, 0.5) is 0 Å². The van der Waals surface area contributed by atoms with Crippen molar-refractivity contribution in [2.45, 2.75) is 31.7 Å². The molecule has 2 aromatic rings. The zero-order valence-electron chi connectivity index (χ0n) is 15.4. The number of aliphatic imine (C=N–C) groups is 1. The van der Waals surface area contributed by atoms with Gasteiger partial charge in [0, 0.05) is 31.4 Å². The molecule has 0 radical (unpaired) electrons. The van der Waals surface area contributed by atoms with Gasteiger partial charge in [-0.15, -0.1) is 11.3 Å². The molecule has 1 aromatic heterocycles. The zero-order chi connectivity index (χ0) is 18.1. The lowest BCUT2D eigenvalue weighted by Gasteiger charge is -2.24. The summed E-state index contributed by atoms with van der Waals surface area (Å²) in [6.07, 6.45) is 2.34. The monoisotopic (exact) mass is 372 g/mol. The predicted molar refractivity (Wildman–Crippen MR) is 103 cm³/mol. The largest absolute Gasteiger partial charge is 0.454 e. The molecule has 0 bridgehead atoms. The van der Waals surface area contributed by atoms with E-state index in [1.807, 2.05) is 27.1 Å². The lowest BCUT2D eigenvalue weighted by molar-refractivity contribution is 0.174. The fourth-order valence-corrected chi connectivity index (χ4v) is 3.98. The van der Waals surface area contributed by atoms with E-state index in [9.17, 15) is 0 Å². The maximum absolute atomic E-state index is 5.53. The van der Waals surface area contributed by atoms with Crippen molar-refractivity contribution in [2.24, 2.45) is 4.99 Å². The summed E-state index contributed by atoms with van der Waals surface area (Å²) >= 11 is 1.68. The maximum atomic E-state index is 5.53. The number of guanidine groups is 1. The second-order valence-corrected chi connectivity index (χ2v) is 8.03. The quantitative estimate of drug-likeness (QED) is 0.646. The molecule has 0 atom stereocenters. The molecule has 4 rings (SSSR count). The van der Waals surface area contributed by atoms with Gasteiger partial charge in [0.2, 0.25) is 6.79 Å². The molecule has 0 amide bonds. The maximum Gasteiger partial charge on any atom is 0.231 e. The number of aryl methyl sites for hydroxylation is 1. The fourth-order valence-electron chi connectivity index (χ4n) is 3.38. The highest BCUT2D eigenvalue weighted by atomic mass is 32.1. The van der Waals surface area contributed by atoms with Crippen molar-refractivity contribution in [3.05, 3.63) is 39.8 Å². The third kappa shape index (κ3) is 3.35. The Morgan fingerprint density at radius 1 is 1.35 bits per heavy atom. The van der Waals surface area contributed by atoms with Crippen LogP contribution in [-0.2, 0) is 12.0 Å². The van der Waals surface area contributed by atoms with E-state index in [2.05, 4.69) is 37.7 Å². The second-order valence-electron chi connectivity index (χ2n) is 6.96. The van der Waals surface area contributed by atoms with Gasteiger partial charge in [-0.25, -0.2) is 4.98 Å². The van der Waals surface area contributed by atoms with E-state index >= 15 is 0 Å². The number of nitrogens with one attached hydrogen (secondary N) is 1. The van der Waals surface area contributed by atoms with Crippen LogP contribution in [0.5, 0.6) is 11.5 Å². The van der Waals surface area contributed by atoms with E-state index < -0.39 is 0 Å². The standard InChI is InChI=1S/C19H24N4O2S/c1-13-22-15(10-26-13)9-23(3)18(20-2)21-11-19(6-7-19)14-4-5-16-17(8-14)25-12-24-16/h4-5,8,10H,6-7,9,11-12H2,1-3H3,(H,20,21). The summed E-state index contributed by atoms with van der Waals surface area (Å²) in [5, 5.41) is 6.74. The molecule has 0 unspecified atom stereocenters. The number of thiazole rings is 1. The molecule has 1 N–H and O–H groups in total. The van der Waals surface area contributed by atoms with Crippen molar-refractivity contribution in [3.63, 3.8) is 0 Å². The summed E-state index contributed by atoms with van der Waals surface area (Å²) in [5.74, 6) is 2.59. The van der Waals surface area contributed by atoms with Gasteiger partial charge in [0.1, 0.15) is 0 Å². The SMILES string of the molecule is CN=C(NCC1(c2ccc3c(c2)OCO3)CC1)N(C)Cc1csc(C)n1. The van der Waals surface area contributed by atoms with Gasteiger partial charge in [-0.2, -0.15) is 0 Å². The predicted octanol–water partition coefficient (Wildman–Crippen LogP) is 2.92. The third-order valence-electron chi connectivity index (χ3n) is 5.06. The number of rotatable bonds is 5. The van der Waals surface area contributed by atoms with Crippen molar-refractivity contribution in [1.82, 2.24) is 15.2 Å². The minimum Gasteiger partial charge on any atom is -0.454 e. The fraction of sp³-hybridized carbons (Fsp3) is 0.474. The Balaban J connectivity index is 1.40. The first-order chi connectivity index (χ1) is 12.6. The first-order valence-electron chi connectivity index (χ1n) is 8.82. The molecule has 1 aromatic carbocycles. The lowest BCUT2D eigenvalue weighted by atomic mass is 9.95. The highest BCUT2D eigenvalue weighted by Gasteiger charge is 2.45. The minimum atomic E-state index is 0.162. The van der Waals surface area contributed by atoms with Crippen LogP contribution in [-0.4, -0.2) is 43.3 Å². The van der Waals surface area contributed by atoms with Crippen LogP contribution in [0, 0.1) is 6.92 Å². The molecular formula is C19H24N4O2S. The summed E-state index contributed by atoms with van der Waals surface area (Å²) in [6, 6.07) is 6.30. The van der Waals surface area contributed by atoms with Gasteiger partial charge < -0.3 is 19.7 Å². The molecule has 2 heterocycles. The molecule has 1 aliphatic carbocycles. The summed E-state index contributed by atoms with van der Waals surface area (Å²) in [6.45, 7) is 3.96. The number of ether oxygens (including phenoxy) is 2. The van der Waals surface area contributed by atoms with E-state index in [4.69, 9.17) is 9.47 Å². The van der Waals surface area contributed by atoms with Crippen molar-refractivity contribution >= 4 is 17.3 Å². The number of hydrogen-bond donors (Lipinski definition) is 1. The van der Waals surface area contributed by atoms with E-state index in [1.54, 1.807) is 11.3 Å². The van der Waals surface area contributed by atoms with Crippen LogP contribution < -0.4 is 14.8 Å². The molecule has 26 heavy (non-hydrogen) atoms. The van der Waals surface area contributed by atoms with Gasteiger partial charge in [-0.1, -0.05) is 6.07 Å². The average molecular weight is 372 g/mol. The Bertz CT molecular complexity index is 829. The van der Waals surface area contributed by atoms with E-state index in [0.29, 0.717) is 6.79 Å². The third-order valence-corrected chi connectivity index (χ3v) is 5.88. The van der Waals surface area contributed by atoms with Gasteiger partial charge in [0.25, 0.3) is 0 Å². The molecule has 138 valence electrons. The molecule has 2 aliphatic rings. The molecule has 1 saturated carbocycles. The second kappa shape index (κ2) is 6.79. The lowest BCUT2D eigenvalue weighted by Crippen LogP contribution is -2.42. The topological polar surface area (TPSA) is 59.0 Å². The van der Waals surface area contributed by atoms with Crippen molar-refractivity contribution < 1.29 is 9.47 Å². The van der Waals surface area contributed by atoms with E-state index in [-0.39, 0.29) is 5.41 Å². The van der Waals surface area contributed by atoms with Gasteiger partial charge in [0.05, 0.1) is 17.2 Å². The Labute approximate surface area is 157 Å². The Hall–Kier alpha value is -2.28. The number of fused-ring (bicyclic) bond motifs is 1. The summed E-state index contributed by atoms with van der Waals surface area (Å²) in [7, 11) is 3.87. The van der Waals surface area contributed by atoms with Crippen LogP contribution in [0.25, 0.3) is 0 Å². The van der Waals surface area contributed by atoms with Gasteiger partial charge in [0.15, 0.2) is 17.5 Å². The smallest absolute Gasteiger partial charge is 0.231 e. The van der Waals surface area contributed by atoms with Crippen molar-refractivity contribution in [3.8, 4) is 11.5 Å². The number of aromatic nitrogens is 1. The van der Waals surface area contributed by atoms with Gasteiger partial charge >= 0.3 is 0 Å². The Morgan fingerprint density at radius 2 is 2.15 bits per heavy atom. The van der Waals surface area contributed by atoms with Crippen molar-refractivity contribution in [1.29, 1.82) is 0 Å². The van der Waals surface area contributed by atoms with Gasteiger partial charge in [-0.05, 0) is 37.5 Å².